The standard InChI is InChI=1S/C26H32F3NO2/c1-18(2)14-15-30(22-6-4-3-5-7-22)24-13-8-19(17-25(31)32)16-23(24)20-9-11-21(12-10-20)26(27,28)29/h3-7,9-12,18-19,23-24H,8,13-17H2,1-2H3,(H,31,32)/t19-,23-,24+/m0/s1. The van der Waals surface area contributed by atoms with E-state index in [0.717, 1.165) is 49.2 Å². The van der Waals surface area contributed by atoms with Crippen LogP contribution in [0.25, 0.3) is 0 Å². The topological polar surface area (TPSA) is 40.5 Å². The van der Waals surface area contributed by atoms with Gasteiger partial charge in [-0.15, -0.1) is 0 Å². The largest absolute Gasteiger partial charge is 0.481 e. The molecule has 0 bridgehead atoms. The van der Waals surface area contributed by atoms with Gasteiger partial charge in [0.2, 0.25) is 0 Å². The SMILES string of the molecule is CC(C)CCN(c1ccccc1)[C@@H]1CC[C@H](CC(=O)O)C[C@H]1c1ccc(C(F)(F)F)cc1. The highest BCUT2D eigenvalue weighted by Gasteiger charge is 2.37. The Balaban J connectivity index is 1.95. The second kappa shape index (κ2) is 10.4. The Kier molecular flexibility index (Phi) is 7.86. The summed E-state index contributed by atoms with van der Waals surface area (Å²) in [5, 5.41) is 9.31. The van der Waals surface area contributed by atoms with Gasteiger partial charge >= 0.3 is 12.1 Å². The smallest absolute Gasteiger partial charge is 0.416 e. The number of hydrogen-bond acceptors (Lipinski definition) is 2. The summed E-state index contributed by atoms with van der Waals surface area (Å²) in [6.07, 6.45) is -0.988. The molecule has 3 rings (SSSR count). The maximum absolute atomic E-state index is 13.1. The van der Waals surface area contributed by atoms with Gasteiger partial charge in [-0.2, -0.15) is 13.2 Å². The molecule has 32 heavy (non-hydrogen) atoms. The fraction of sp³-hybridized carbons (Fsp3) is 0.500. The van der Waals surface area contributed by atoms with Gasteiger partial charge in [0.15, 0.2) is 0 Å². The zero-order valence-electron chi connectivity index (χ0n) is 18.7. The zero-order valence-corrected chi connectivity index (χ0v) is 18.7. The molecule has 3 atom stereocenters. The van der Waals surface area contributed by atoms with E-state index in [-0.39, 0.29) is 24.3 Å². The zero-order chi connectivity index (χ0) is 23.3. The van der Waals surface area contributed by atoms with Crippen LogP contribution in [0.2, 0.25) is 0 Å². The molecule has 6 heteroatoms. The predicted molar refractivity (Wildman–Crippen MR) is 121 cm³/mol. The van der Waals surface area contributed by atoms with Crippen molar-refractivity contribution in [3.05, 3.63) is 65.7 Å². The van der Waals surface area contributed by atoms with Gasteiger partial charge in [-0.3, -0.25) is 4.79 Å². The van der Waals surface area contributed by atoms with Gasteiger partial charge in [0.05, 0.1) is 5.56 Å². The normalized spacial score (nSPS) is 21.5. The average Bonchev–Trinajstić information content (AvgIpc) is 2.74. The lowest BCUT2D eigenvalue weighted by Crippen LogP contribution is -2.44. The van der Waals surface area contributed by atoms with Crippen LogP contribution in [0.3, 0.4) is 0 Å². The summed E-state index contributed by atoms with van der Waals surface area (Å²) in [6.45, 7) is 5.22. The molecule has 0 radical (unpaired) electrons. The number of anilines is 1. The first kappa shape index (κ1) is 24.1. The number of carbonyl (C=O) groups is 1. The van der Waals surface area contributed by atoms with Crippen molar-refractivity contribution in [2.24, 2.45) is 11.8 Å². The molecule has 0 amide bonds. The molecule has 0 aliphatic heterocycles. The Bertz CT molecular complexity index is 865. The maximum Gasteiger partial charge on any atom is 0.416 e. The number of halogens is 3. The first-order valence-corrected chi connectivity index (χ1v) is 11.4. The second-order valence-corrected chi connectivity index (χ2v) is 9.28. The minimum Gasteiger partial charge on any atom is -0.481 e. The summed E-state index contributed by atoms with van der Waals surface area (Å²) in [5.74, 6) is -0.296. The van der Waals surface area contributed by atoms with Gasteiger partial charge in [0, 0.05) is 30.6 Å². The van der Waals surface area contributed by atoms with Gasteiger partial charge in [0.1, 0.15) is 0 Å². The molecule has 0 spiro atoms. The quantitative estimate of drug-likeness (QED) is 0.474. The number of nitrogens with zero attached hydrogens (tertiary/aromatic N) is 1. The van der Waals surface area contributed by atoms with Crippen molar-refractivity contribution in [1.29, 1.82) is 0 Å². The van der Waals surface area contributed by atoms with Crippen LogP contribution in [-0.4, -0.2) is 23.7 Å². The van der Waals surface area contributed by atoms with Crippen LogP contribution in [0.5, 0.6) is 0 Å². The molecular formula is C26H32F3NO2. The van der Waals surface area contributed by atoms with Gasteiger partial charge in [-0.25, -0.2) is 0 Å². The number of rotatable bonds is 8. The first-order chi connectivity index (χ1) is 15.1. The molecule has 3 nitrogen and oxygen atoms in total. The molecule has 1 aliphatic rings. The van der Waals surface area contributed by atoms with E-state index in [4.69, 9.17) is 0 Å². The van der Waals surface area contributed by atoms with Crippen LogP contribution < -0.4 is 4.90 Å². The highest BCUT2D eigenvalue weighted by Crippen LogP contribution is 2.42. The van der Waals surface area contributed by atoms with E-state index in [0.29, 0.717) is 12.3 Å². The fourth-order valence-corrected chi connectivity index (χ4v) is 4.83. The molecule has 2 aromatic rings. The third-order valence-corrected chi connectivity index (χ3v) is 6.49. The predicted octanol–water partition coefficient (Wildman–Crippen LogP) is 6.99. The fourth-order valence-electron chi connectivity index (χ4n) is 4.83. The van der Waals surface area contributed by atoms with E-state index in [1.165, 1.54) is 0 Å². The lowest BCUT2D eigenvalue weighted by atomic mass is 9.72. The number of carboxylic acids is 1. The number of hydrogen-bond donors (Lipinski definition) is 1. The monoisotopic (exact) mass is 447 g/mol. The summed E-state index contributed by atoms with van der Waals surface area (Å²) >= 11 is 0. The van der Waals surface area contributed by atoms with Crippen LogP contribution in [0.1, 0.15) is 63.0 Å². The number of carboxylic acid groups (broad SMARTS) is 1. The first-order valence-electron chi connectivity index (χ1n) is 11.4. The minimum absolute atomic E-state index is 0.0252. The van der Waals surface area contributed by atoms with E-state index in [2.05, 4.69) is 30.9 Å². The van der Waals surface area contributed by atoms with Crippen LogP contribution in [0.15, 0.2) is 54.6 Å². The van der Waals surface area contributed by atoms with E-state index >= 15 is 0 Å². The molecule has 1 aliphatic carbocycles. The van der Waals surface area contributed by atoms with Crippen LogP contribution >= 0.6 is 0 Å². The third-order valence-electron chi connectivity index (χ3n) is 6.49. The van der Waals surface area contributed by atoms with Crippen molar-refractivity contribution in [2.75, 3.05) is 11.4 Å². The Morgan fingerprint density at radius 3 is 2.28 bits per heavy atom. The molecule has 1 fully saturated rings. The summed E-state index contributed by atoms with van der Waals surface area (Å²) in [7, 11) is 0. The maximum atomic E-state index is 13.1. The number of aliphatic carboxylic acids is 1. The van der Waals surface area contributed by atoms with E-state index in [1.807, 2.05) is 18.2 Å². The van der Waals surface area contributed by atoms with Crippen LogP contribution in [0, 0.1) is 11.8 Å². The Labute approximate surface area is 188 Å². The van der Waals surface area contributed by atoms with Gasteiger partial charge in [-0.05, 0) is 67.3 Å². The van der Waals surface area contributed by atoms with Gasteiger partial charge in [0.25, 0.3) is 0 Å². The van der Waals surface area contributed by atoms with Crippen molar-refractivity contribution < 1.29 is 23.1 Å². The van der Waals surface area contributed by atoms with Crippen molar-refractivity contribution in [1.82, 2.24) is 0 Å². The van der Waals surface area contributed by atoms with Crippen molar-refractivity contribution in [3.8, 4) is 0 Å². The van der Waals surface area contributed by atoms with Crippen molar-refractivity contribution in [2.45, 2.75) is 64.1 Å². The molecule has 174 valence electrons. The van der Waals surface area contributed by atoms with Gasteiger partial charge < -0.3 is 10.0 Å². The Hall–Kier alpha value is -2.50. The van der Waals surface area contributed by atoms with Crippen molar-refractivity contribution in [3.63, 3.8) is 0 Å². The average molecular weight is 448 g/mol. The number of benzene rings is 2. The highest BCUT2D eigenvalue weighted by molar-refractivity contribution is 5.67. The molecule has 0 saturated heterocycles. The molecule has 0 unspecified atom stereocenters. The molecule has 1 saturated carbocycles. The van der Waals surface area contributed by atoms with E-state index < -0.39 is 17.7 Å². The number of alkyl halides is 3. The Morgan fingerprint density at radius 2 is 1.72 bits per heavy atom. The molecule has 0 heterocycles. The minimum atomic E-state index is -4.37. The van der Waals surface area contributed by atoms with Crippen LogP contribution in [0.4, 0.5) is 18.9 Å². The molecule has 2 aromatic carbocycles. The highest BCUT2D eigenvalue weighted by atomic mass is 19.4. The summed E-state index contributed by atoms with van der Waals surface area (Å²) < 4.78 is 39.3. The molecular weight excluding hydrogens is 415 g/mol. The van der Waals surface area contributed by atoms with E-state index in [9.17, 15) is 23.1 Å². The van der Waals surface area contributed by atoms with E-state index in [1.54, 1.807) is 12.1 Å². The number of para-hydroxylation sites is 1. The van der Waals surface area contributed by atoms with Crippen LogP contribution in [-0.2, 0) is 11.0 Å². The molecule has 0 aromatic heterocycles. The summed E-state index contributed by atoms with van der Waals surface area (Å²) in [4.78, 5) is 13.7. The lowest BCUT2D eigenvalue weighted by Gasteiger charge is -2.44. The third kappa shape index (κ3) is 6.27. The summed E-state index contributed by atoms with van der Waals surface area (Å²) in [6, 6.07) is 15.7. The molecule has 1 N–H and O–H groups in total. The lowest BCUT2D eigenvalue weighted by molar-refractivity contribution is -0.139. The second-order valence-electron chi connectivity index (χ2n) is 9.28. The van der Waals surface area contributed by atoms with Crippen molar-refractivity contribution >= 4 is 11.7 Å². The summed E-state index contributed by atoms with van der Waals surface area (Å²) in [5.41, 5.74) is 1.30. The van der Waals surface area contributed by atoms with Gasteiger partial charge in [-0.1, -0.05) is 44.2 Å². The Morgan fingerprint density at radius 1 is 1.06 bits per heavy atom.